The second kappa shape index (κ2) is 15.9. The van der Waals surface area contributed by atoms with Crippen molar-refractivity contribution in [1.29, 1.82) is 0 Å². The summed E-state index contributed by atoms with van der Waals surface area (Å²) in [5.41, 5.74) is 1.06. The average Bonchev–Trinajstić information content (AvgIpc) is 3.76. The smallest absolute Gasteiger partial charge is 0.416 e. The summed E-state index contributed by atoms with van der Waals surface area (Å²) in [6.45, 7) is 7.53. The fourth-order valence-corrected chi connectivity index (χ4v) is 9.54. The van der Waals surface area contributed by atoms with Gasteiger partial charge < -0.3 is 19.1 Å². The van der Waals surface area contributed by atoms with Gasteiger partial charge in [-0.15, -0.1) is 0 Å². The van der Waals surface area contributed by atoms with Gasteiger partial charge in [-0.2, -0.15) is 13.2 Å². The second-order valence-electron chi connectivity index (χ2n) is 14.9. The third kappa shape index (κ3) is 8.05. The minimum atomic E-state index is -4.32. The quantitative estimate of drug-likeness (QED) is 0.0961. The Morgan fingerprint density at radius 3 is 2.42 bits per heavy atom. The van der Waals surface area contributed by atoms with E-state index < -0.39 is 11.7 Å². The maximum atomic E-state index is 15.2. The molecule has 272 valence electrons. The lowest BCUT2D eigenvalue weighted by Gasteiger charge is -2.52. The number of methoxy groups -OCH3 is 1. The Kier molecular flexibility index (Phi) is 11.6. The van der Waals surface area contributed by atoms with Crippen LogP contribution in [0, 0.1) is 29.5 Å². The maximum Gasteiger partial charge on any atom is 0.416 e. The largest absolute Gasteiger partial charge is 0.469 e. The molecule has 2 aromatic carbocycles. The molecule has 3 aromatic rings. The minimum Gasteiger partial charge on any atom is -0.469 e. The fourth-order valence-electron chi connectivity index (χ4n) is 9.54. The number of likely N-dealkylation sites (tertiary alicyclic amines) is 1. The highest BCUT2D eigenvalue weighted by Gasteiger charge is 2.52. The number of esters is 1. The number of imidazole rings is 1. The molecule has 1 aromatic heterocycles. The number of anilines is 1. The van der Waals surface area contributed by atoms with Gasteiger partial charge in [-0.3, -0.25) is 4.79 Å². The van der Waals surface area contributed by atoms with Gasteiger partial charge in [-0.05, 0) is 98.5 Å². The Labute approximate surface area is 294 Å². The predicted octanol–water partition coefficient (Wildman–Crippen LogP) is 8.54. The van der Waals surface area contributed by atoms with Crippen LogP contribution in [-0.2, 0) is 34.1 Å². The Morgan fingerprint density at radius 2 is 1.74 bits per heavy atom. The second-order valence-corrected chi connectivity index (χ2v) is 14.9. The van der Waals surface area contributed by atoms with Gasteiger partial charge in [0.15, 0.2) is 0 Å². The molecule has 0 N–H and O–H groups in total. The number of aromatic nitrogens is 2. The monoisotopic (exact) mass is 696 g/mol. The third-order valence-corrected chi connectivity index (χ3v) is 12.0. The van der Waals surface area contributed by atoms with Gasteiger partial charge in [0.1, 0.15) is 11.6 Å². The van der Waals surface area contributed by atoms with E-state index in [-0.39, 0.29) is 17.2 Å². The van der Waals surface area contributed by atoms with Crippen LogP contribution in [-0.4, -0.2) is 60.3 Å². The minimum absolute atomic E-state index is 0.157. The molecule has 0 radical (unpaired) electrons. The summed E-state index contributed by atoms with van der Waals surface area (Å²) in [6, 6.07) is 12.9. The molecular formula is C40H52F4N4O2. The SMILES string of the molecule is CCc1nccn1C[C@@](c1cccc(F)c1)(C1CCN(CC2CN(c3ccc(C(F)(F)F)cc3)C2)CC1)[C@H]1CCC[C@@H]1CCCCC(=O)OC. The number of hydrogen-bond acceptors (Lipinski definition) is 5. The molecule has 3 aliphatic rings. The van der Waals surface area contributed by atoms with Crippen LogP contribution in [0.5, 0.6) is 0 Å². The molecule has 0 bridgehead atoms. The molecule has 0 unspecified atom stereocenters. The number of carbonyl (C=O) groups excluding carboxylic acids is 1. The maximum absolute atomic E-state index is 15.2. The first-order chi connectivity index (χ1) is 24.1. The summed E-state index contributed by atoms with van der Waals surface area (Å²) >= 11 is 0. The van der Waals surface area contributed by atoms with E-state index in [2.05, 4.69) is 33.6 Å². The zero-order valence-corrected chi connectivity index (χ0v) is 29.5. The molecule has 10 heteroatoms. The molecule has 3 heterocycles. The van der Waals surface area contributed by atoms with E-state index >= 15 is 4.39 Å². The Hall–Kier alpha value is -3.40. The number of piperidine rings is 1. The zero-order valence-electron chi connectivity index (χ0n) is 29.5. The van der Waals surface area contributed by atoms with Crippen LogP contribution in [0.15, 0.2) is 60.9 Å². The first kappa shape index (κ1) is 36.4. The highest BCUT2D eigenvalue weighted by molar-refractivity contribution is 5.69. The van der Waals surface area contributed by atoms with Crippen molar-refractivity contribution >= 4 is 11.7 Å². The molecule has 6 nitrogen and oxygen atoms in total. The number of aryl methyl sites for hydroxylation is 1. The summed E-state index contributed by atoms with van der Waals surface area (Å²) in [4.78, 5) is 21.2. The van der Waals surface area contributed by atoms with Crippen molar-refractivity contribution < 1.29 is 27.1 Å². The molecule has 2 saturated heterocycles. The van der Waals surface area contributed by atoms with E-state index in [0.717, 1.165) is 114 Å². The predicted molar refractivity (Wildman–Crippen MR) is 187 cm³/mol. The van der Waals surface area contributed by atoms with Gasteiger partial charge in [0, 0.05) is 68.4 Å². The van der Waals surface area contributed by atoms with Gasteiger partial charge in [-0.25, -0.2) is 9.37 Å². The van der Waals surface area contributed by atoms with Crippen molar-refractivity contribution in [1.82, 2.24) is 14.5 Å². The highest BCUT2D eigenvalue weighted by atomic mass is 19.4. The lowest BCUT2D eigenvalue weighted by atomic mass is 9.56. The van der Waals surface area contributed by atoms with Crippen LogP contribution in [0.4, 0.5) is 23.2 Å². The Balaban J connectivity index is 1.19. The summed E-state index contributed by atoms with van der Waals surface area (Å²) < 4.78 is 61.5. The molecule has 50 heavy (non-hydrogen) atoms. The van der Waals surface area contributed by atoms with Gasteiger partial charge in [0.25, 0.3) is 0 Å². The number of hydrogen-bond donors (Lipinski definition) is 0. The fraction of sp³-hybridized carbons (Fsp3) is 0.600. The van der Waals surface area contributed by atoms with Gasteiger partial charge in [0.05, 0.1) is 12.7 Å². The van der Waals surface area contributed by atoms with E-state index in [0.29, 0.717) is 30.1 Å². The third-order valence-electron chi connectivity index (χ3n) is 12.0. The number of nitrogens with zero attached hydrogens (tertiary/aromatic N) is 4. The highest BCUT2D eigenvalue weighted by Crippen LogP contribution is 2.55. The van der Waals surface area contributed by atoms with E-state index in [4.69, 9.17) is 9.72 Å². The number of alkyl halides is 3. The van der Waals surface area contributed by atoms with Crippen molar-refractivity contribution in [3.63, 3.8) is 0 Å². The number of rotatable bonds is 14. The lowest BCUT2D eigenvalue weighted by molar-refractivity contribution is -0.140. The van der Waals surface area contributed by atoms with Gasteiger partial charge >= 0.3 is 12.1 Å². The normalized spacial score (nSPS) is 22.0. The Bertz CT molecular complexity index is 1550. The molecule has 1 aliphatic carbocycles. The van der Waals surface area contributed by atoms with Crippen molar-refractivity contribution in [3.05, 3.63) is 83.7 Å². The molecule has 1 saturated carbocycles. The summed E-state index contributed by atoms with van der Waals surface area (Å²) in [6.07, 6.45) is 9.25. The molecule has 0 spiro atoms. The lowest BCUT2D eigenvalue weighted by Crippen LogP contribution is -2.55. The first-order valence-electron chi connectivity index (χ1n) is 18.6. The molecule has 0 amide bonds. The molecule has 2 aliphatic heterocycles. The van der Waals surface area contributed by atoms with Crippen molar-refractivity contribution in [3.8, 4) is 0 Å². The van der Waals surface area contributed by atoms with E-state index in [1.165, 1.54) is 19.2 Å². The average molecular weight is 697 g/mol. The van der Waals surface area contributed by atoms with Crippen molar-refractivity contribution in [2.24, 2.45) is 23.7 Å². The first-order valence-corrected chi connectivity index (χ1v) is 18.6. The standard InChI is InChI=1S/C40H52F4N4O2/c1-3-37-45-20-23-47(37)28-39(33-10-7-11-34(41)24-33,36-12-6-9-30(36)8-4-5-13-38(49)50-2)31-18-21-46(22-19-31)25-29-26-48(27-29)35-16-14-32(15-17-35)40(42,43)44/h7,10-11,14-17,20,23-24,29-31,36H,3-6,8-9,12-13,18-19,21-22,25-28H2,1-2H3/t30-,36-,39-/m0/s1. The van der Waals surface area contributed by atoms with Gasteiger partial charge in [0.2, 0.25) is 0 Å². The number of benzene rings is 2. The van der Waals surface area contributed by atoms with Crippen LogP contribution >= 0.6 is 0 Å². The Morgan fingerprint density at radius 1 is 0.980 bits per heavy atom. The van der Waals surface area contributed by atoms with E-state index in [1.54, 1.807) is 24.3 Å². The summed E-state index contributed by atoms with van der Waals surface area (Å²) in [7, 11) is 1.44. The summed E-state index contributed by atoms with van der Waals surface area (Å²) in [5, 5.41) is 0. The van der Waals surface area contributed by atoms with E-state index in [9.17, 15) is 18.0 Å². The molecule has 3 atom stereocenters. The number of unbranched alkanes of at least 4 members (excludes halogenated alkanes) is 1. The van der Waals surface area contributed by atoms with Crippen LogP contribution in [0.1, 0.15) is 81.7 Å². The van der Waals surface area contributed by atoms with Crippen LogP contribution in [0.3, 0.4) is 0 Å². The van der Waals surface area contributed by atoms with Crippen LogP contribution in [0.25, 0.3) is 0 Å². The van der Waals surface area contributed by atoms with Crippen molar-refractivity contribution in [2.75, 3.05) is 44.7 Å². The zero-order chi connectivity index (χ0) is 35.3. The topological polar surface area (TPSA) is 50.6 Å². The van der Waals surface area contributed by atoms with E-state index in [1.807, 2.05) is 12.3 Å². The molecular weight excluding hydrogens is 644 g/mol. The molecule has 6 rings (SSSR count). The number of halogens is 4. The number of ether oxygens (including phenoxy) is 1. The number of carbonyl (C=O) groups is 1. The van der Waals surface area contributed by atoms with Crippen LogP contribution < -0.4 is 4.90 Å². The van der Waals surface area contributed by atoms with Crippen LogP contribution in [0.2, 0.25) is 0 Å². The molecule has 3 fully saturated rings. The summed E-state index contributed by atoms with van der Waals surface area (Å²) in [5.74, 6) is 2.42. The van der Waals surface area contributed by atoms with Crippen molar-refractivity contribution in [2.45, 2.75) is 89.3 Å². The van der Waals surface area contributed by atoms with Gasteiger partial charge in [-0.1, -0.05) is 44.7 Å².